The van der Waals surface area contributed by atoms with E-state index >= 15 is 0 Å². The Kier molecular flexibility index (Phi) is 42.5. The van der Waals surface area contributed by atoms with Crippen LogP contribution in [0, 0.1) is 0 Å². The lowest BCUT2D eigenvalue weighted by molar-refractivity contribution is -0.166. The molecule has 0 N–H and O–H groups in total. The lowest BCUT2D eigenvalue weighted by Gasteiger charge is -2.18. The highest BCUT2D eigenvalue weighted by Crippen LogP contribution is 2.12. The van der Waals surface area contributed by atoms with Gasteiger partial charge in [-0.1, -0.05) is 178 Å². The van der Waals surface area contributed by atoms with Crippen molar-refractivity contribution in [1.29, 1.82) is 0 Å². The van der Waals surface area contributed by atoms with Crippen LogP contribution in [-0.4, -0.2) is 37.2 Å². The van der Waals surface area contributed by atoms with Crippen LogP contribution in [-0.2, 0) is 28.6 Å². The fourth-order valence-electron chi connectivity index (χ4n) is 6.17. The first-order valence-electron chi connectivity index (χ1n) is 23.3. The van der Waals surface area contributed by atoms with Gasteiger partial charge in [-0.25, -0.2) is 0 Å². The molecule has 0 aliphatic carbocycles. The second-order valence-corrected chi connectivity index (χ2v) is 15.3. The minimum absolute atomic E-state index is 0.107. The number of hydrogen-bond donors (Lipinski definition) is 0. The predicted octanol–water partition coefficient (Wildman–Crippen LogP) is 14.9. The number of esters is 3. The molecule has 6 heteroatoms. The molecule has 0 radical (unpaired) electrons. The van der Waals surface area contributed by atoms with Crippen LogP contribution in [0.1, 0.15) is 220 Å². The number of hydrogen-bond acceptors (Lipinski definition) is 6. The zero-order chi connectivity index (χ0) is 40.8. The number of ether oxygens (including phenoxy) is 3. The molecule has 56 heavy (non-hydrogen) atoms. The molecule has 0 aliphatic rings. The Balaban J connectivity index is 4.47. The van der Waals surface area contributed by atoms with Crippen LogP contribution in [0.5, 0.6) is 0 Å². The molecule has 0 spiro atoms. The largest absolute Gasteiger partial charge is 0.462 e. The molecular formula is C50H86O6. The van der Waals surface area contributed by atoms with Gasteiger partial charge in [-0.2, -0.15) is 0 Å². The lowest BCUT2D eigenvalue weighted by atomic mass is 10.1. The molecular weight excluding hydrogens is 697 g/mol. The molecule has 0 aliphatic heterocycles. The molecule has 0 amide bonds. The van der Waals surface area contributed by atoms with E-state index in [1.54, 1.807) is 0 Å². The summed E-state index contributed by atoms with van der Waals surface area (Å²) in [5.41, 5.74) is 0. The fraction of sp³-hybridized carbons (Fsp3) is 0.740. The van der Waals surface area contributed by atoms with Gasteiger partial charge in [-0.05, 0) is 83.5 Å². The van der Waals surface area contributed by atoms with E-state index in [0.29, 0.717) is 19.3 Å². The Hall–Kier alpha value is -2.89. The third-order valence-electron chi connectivity index (χ3n) is 9.76. The van der Waals surface area contributed by atoms with E-state index in [0.717, 1.165) is 77.0 Å². The summed E-state index contributed by atoms with van der Waals surface area (Å²) >= 11 is 0. The molecule has 1 atom stereocenters. The monoisotopic (exact) mass is 783 g/mol. The summed E-state index contributed by atoms with van der Waals surface area (Å²) in [7, 11) is 0. The van der Waals surface area contributed by atoms with E-state index in [1.165, 1.54) is 96.3 Å². The number of allylic oxidation sites excluding steroid dienone is 10. The second-order valence-electron chi connectivity index (χ2n) is 15.3. The van der Waals surface area contributed by atoms with Gasteiger partial charge in [-0.15, -0.1) is 0 Å². The Morgan fingerprint density at radius 3 is 1.27 bits per heavy atom. The van der Waals surface area contributed by atoms with Gasteiger partial charge < -0.3 is 14.2 Å². The minimum Gasteiger partial charge on any atom is -0.462 e. The van der Waals surface area contributed by atoms with Crippen molar-refractivity contribution in [2.24, 2.45) is 0 Å². The van der Waals surface area contributed by atoms with Gasteiger partial charge in [0.1, 0.15) is 13.2 Å². The molecule has 0 saturated heterocycles. The smallest absolute Gasteiger partial charge is 0.306 e. The third-order valence-corrected chi connectivity index (χ3v) is 9.76. The van der Waals surface area contributed by atoms with Gasteiger partial charge in [0.15, 0.2) is 6.10 Å². The quantitative estimate of drug-likeness (QED) is 0.0202. The van der Waals surface area contributed by atoms with E-state index in [1.807, 2.05) is 6.08 Å². The SMILES string of the molecule is CCCC/C=C\CCCCCCC(=O)OCC(COC(=O)CCCCCCCC/C=C\C=C/CCCCC)OC(=O)CC/C=C\C/C=C\CCCCCCCC. The van der Waals surface area contributed by atoms with Crippen molar-refractivity contribution < 1.29 is 28.6 Å². The van der Waals surface area contributed by atoms with Crippen LogP contribution in [0.15, 0.2) is 60.8 Å². The summed E-state index contributed by atoms with van der Waals surface area (Å²) in [6.45, 7) is 6.47. The van der Waals surface area contributed by atoms with Gasteiger partial charge in [-0.3, -0.25) is 14.4 Å². The molecule has 0 aromatic heterocycles. The normalized spacial score (nSPS) is 12.6. The van der Waals surface area contributed by atoms with Crippen LogP contribution < -0.4 is 0 Å². The first-order valence-corrected chi connectivity index (χ1v) is 23.3. The Bertz CT molecular complexity index is 1040. The van der Waals surface area contributed by atoms with E-state index in [9.17, 15) is 14.4 Å². The van der Waals surface area contributed by atoms with Crippen molar-refractivity contribution in [3.8, 4) is 0 Å². The molecule has 0 saturated carbocycles. The molecule has 0 fully saturated rings. The highest BCUT2D eigenvalue weighted by atomic mass is 16.6. The van der Waals surface area contributed by atoms with Crippen molar-refractivity contribution in [2.45, 2.75) is 226 Å². The Morgan fingerprint density at radius 2 is 0.750 bits per heavy atom. The maximum absolute atomic E-state index is 12.7. The standard InChI is InChI=1S/C50H86O6/c1-4-7-10-13-16-19-22-24-25-27-28-31-34-37-40-43-49(52)55-46-47(45-54-48(51)42-39-36-33-30-21-18-15-12-9-6-3)56-50(53)44-41-38-35-32-29-26-23-20-17-14-11-8-5-2/h15-16,18-19,22,24,26,29,35,38,47H,4-14,17,20-21,23,25,27-28,30-34,36-37,39-46H2,1-3H3/b18-15-,19-16-,24-22-,29-26-,38-35-. The molecule has 1 unspecified atom stereocenters. The molecule has 6 nitrogen and oxygen atoms in total. The highest BCUT2D eigenvalue weighted by molar-refractivity contribution is 5.71. The van der Waals surface area contributed by atoms with Crippen LogP contribution in [0.25, 0.3) is 0 Å². The van der Waals surface area contributed by atoms with Crippen molar-refractivity contribution in [1.82, 2.24) is 0 Å². The van der Waals surface area contributed by atoms with Crippen LogP contribution >= 0.6 is 0 Å². The van der Waals surface area contributed by atoms with Gasteiger partial charge in [0.2, 0.25) is 0 Å². The molecule has 0 rings (SSSR count). The predicted molar refractivity (Wildman–Crippen MR) is 238 cm³/mol. The molecule has 0 bridgehead atoms. The zero-order valence-electron chi connectivity index (χ0n) is 36.6. The highest BCUT2D eigenvalue weighted by Gasteiger charge is 2.19. The summed E-state index contributed by atoms with van der Waals surface area (Å²) in [5, 5.41) is 0. The molecule has 0 heterocycles. The van der Waals surface area contributed by atoms with Crippen molar-refractivity contribution in [2.75, 3.05) is 13.2 Å². The lowest BCUT2D eigenvalue weighted by Crippen LogP contribution is -2.30. The maximum atomic E-state index is 12.7. The van der Waals surface area contributed by atoms with Crippen molar-refractivity contribution in [3.63, 3.8) is 0 Å². The van der Waals surface area contributed by atoms with Crippen LogP contribution in [0.4, 0.5) is 0 Å². The van der Waals surface area contributed by atoms with Crippen molar-refractivity contribution in [3.05, 3.63) is 60.8 Å². The summed E-state index contributed by atoms with van der Waals surface area (Å²) < 4.78 is 16.6. The number of carbonyl (C=O) groups is 3. The molecule has 0 aromatic rings. The van der Waals surface area contributed by atoms with E-state index in [2.05, 4.69) is 75.5 Å². The van der Waals surface area contributed by atoms with Gasteiger partial charge in [0.05, 0.1) is 0 Å². The first kappa shape index (κ1) is 53.1. The fourth-order valence-corrected chi connectivity index (χ4v) is 6.17. The Labute approximate surface area is 345 Å². The third kappa shape index (κ3) is 42.3. The first-order chi connectivity index (χ1) is 27.5. The average Bonchev–Trinajstić information content (AvgIpc) is 3.19. The minimum atomic E-state index is -0.811. The molecule has 322 valence electrons. The van der Waals surface area contributed by atoms with Crippen LogP contribution in [0.2, 0.25) is 0 Å². The average molecular weight is 783 g/mol. The Morgan fingerprint density at radius 1 is 0.375 bits per heavy atom. The van der Waals surface area contributed by atoms with Crippen LogP contribution in [0.3, 0.4) is 0 Å². The van der Waals surface area contributed by atoms with E-state index in [4.69, 9.17) is 14.2 Å². The maximum Gasteiger partial charge on any atom is 0.306 e. The topological polar surface area (TPSA) is 78.9 Å². The summed E-state index contributed by atoms with van der Waals surface area (Å²) in [6, 6.07) is 0. The van der Waals surface area contributed by atoms with E-state index < -0.39 is 6.10 Å². The molecule has 0 aromatic carbocycles. The summed E-state index contributed by atoms with van der Waals surface area (Å²) in [5.74, 6) is -1.00. The van der Waals surface area contributed by atoms with E-state index in [-0.39, 0.29) is 37.5 Å². The van der Waals surface area contributed by atoms with Gasteiger partial charge in [0, 0.05) is 19.3 Å². The van der Waals surface area contributed by atoms with Crippen molar-refractivity contribution >= 4 is 17.9 Å². The zero-order valence-corrected chi connectivity index (χ0v) is 36.6. The number of carbonyl (C=O) groups excluding carboxylic acids is 3. The number of unbranched alkanes of at least 4 members (excludes halogenated alkanes) is 21. The summed E-state index contributed by atoms with van der Waals surface area (Å²) in [6.07, 6.45) is 53.6. The summed E-state index contributed by atoms with van der Waals surface area (Å²) in [4.78, 5) is 37.7. The second kappa shape index (κ2) is 44.8. The van der Waals surface area contributed by atoms with Gasteiger partial charge in [0.25, 0.3) is 0 Å². The van der Waals surface area contributed by atoms with Gasteiger partial charge >= 0.3 is 17.9 Å². The number of rotatable bonds is 41.